The summed E-state index contributed by atoms with van der Waals surface area (Å²) < 4.78 is 6.68. The van der Waals surface area contributed by atoms with Gasteiger partial charge in [0.1, 0.15) is 5.82 Å². The van der Waals surface area contributed by atoms with Gasteiger partial charge in [0.15, 0.2) is 0 Å². The zero-order chi connectivity index (χ0) is 13.5. The van der Waals surface area contributed by atoms with Crippen molar-refractivity contribution in [2.75, 3.05) is 11.9 Å². The van der Waals surface area contributed by atoms with Gasteiger partial charge in [-0.3, -0.25) is 4.98 Å². The highest BCUT2D eigenvalue weighted by atomic mass is 79.9. The second kappa shape index (κ2) is 7.21. The standard InChI is InChI=1S/C14H16BrN3O/c1-2-16-14-8-17-13(7-18-14)10-19-9-11-4-3-5-12(15)6-11/h3-8H,2,9-10H2,1H3,(H,16,18). The Morgan fingerprint density at radius 1 is 1.21 bits per heavy atom. The van der Waals surface area contributed by atoms with Gasteiger partial charge in [-0.25, -0.2) is 4.98 Å². The van der Waals surface area contributed by atoms with Crippen LogP contribution >= 0.6 is 15.9 Å². The SMILES string of the molecule is CCNc1cnc(COCc2cccc(Br)c2)cn1. The van der Waals surface area contributed by atoms with Gasteiger partial charge in [-0.15, -0.1) is 0 Å². The van der Waals surface area contributed by atoms with E-state index in [1.165, 1.54) is 0 Å². The molecule has 0 aliphatic rings. The number of halogens is 1. The van der Waals surface area contributed by atoms with E-state index in [9.17, 15) is 0 Å². The average molecular weight is 322 g/mol. The fraction of sp³-hybridized carbons (Fsp3) is 0.286. The van der Waals surface area contributed by atoms with Gasteiger partial charge in [-0.05, 0) is 24.6 Å². The molecule has 0 unspecified atom stereocenters. The maximum Gasteiger partial charge on any atom is 0.144 e. The number of nitrogens with zero attached hydrogens (tertiary/aromatic N) is 2. The fourth-order valence-electron chi connectivity index (χ4n) is 1.60. The lowest BCUT2D eigenvalue weighted by molar-refractivity contribution is 0.104. The van der Waals surface area contributed by atoms with Gasteiger partial charge < -0.3 is 10.1 Å². The molecule has 1 aromatic carbocycles. The second-order valence-electron chi connectivity index (χ2n) is 4.05. The van der Waals surface area contributed by atoms with E-state index in [4.69, 9.17) is 4.74 Å². The Balaban J connectivity index is 1.82. The summed E-state index contributed by atoms with van der Waals surface area (Å²) >= 11 is 3.44. The first kappa shape index (κ1) is 14.0. The van der Waals surface area contributed by atoms with Crippen LogP contribution in [0, 0.1) is 0 Å². The number of anilines is 1. The van der Waals surface area contributed by atoms with Gasteiger partial charge in [0, 0.05) is 11.0 Å². The molecule has 0 amide bonds. The van der Waals surface area contributed by atoms with E-state index in [0.29, 0.717) is 13.2 Å². The predicted octanol–water partition coefficient (Wildman–Crippen LogP) is 3.39. The molecule has 1 N–H and O–H groups in total. The molecule has 0 bridgehead atoms. The van der Waals surface area contributed by atoms with Crippen molar-refractivity contribution in [2.45, 2.75) is 20.1 Å². The van der Waals surface area contributed by atoms with Crippen LogP contribution in [0.2, 0.25) is 0 Å². The molecule has 4 nitrogen and oxygen atoms in total. The largest absolute Gasteiger partial charge is 0.370 e. The summed E-state index contributed by atoms with van der Waals surface area (Å²) in [6.07, 6.45) is 3.46. The van der Waals surface area contributed by atoms with E-state index in [1.54, 1.807) is 12.4 Å². The first-order valence-electron chi connectivity index (χ1n) is 6.15. The number of nitrogens with one attached hydrogen (secondary N) is 1. The van der Waals surface area contributed by atoms with Gasteiger partial charge in [0.05, 0.1) is 31.3 Å². The van der Waals surface area contributed by atoms with Crippen molar-refractivity contribution in [2.24, 2.45) is 0 Å². The number of hydrogen-bond acceptors (Lipinski definition) is 4. The number of aromatic nitrogens is 2. The van der Waals surface area contributed by atoms with Gasteiger partial charge in [-0.1, -0.05) is 28.1 Å². The number of rotatable bonds is 6. The molecule has 19 heavy (non-hydrogen) atoms. The van der Waals surface area contributed by atoms with E-state index >= 15 is 0 Å². The Labute approximate surface area is 121 Å². The number of ether oxygens (including phenoxy) is 1. The molecule has 0 saturated carbocycles. The highest BCUT2D eigenvalue weighted by Gasteiger charge is 1.99. The molecular formula is C14H16BrN3O. The summed E-state index contributed by atoms with van der Waals surface area (Å²) in [4.78, 5) is 8.53. The third-order valence-electron chi connectivity index (χ3n) is 2.47. The molecule has 0 radical (unpaired) electrons. The molecule has 1 heterocycles. The van der Waals surface area contributed by atoms with Crippen molar-refractivity contribution in [3.63, 3.8) is 0 Å². The molecule has 0 aliphatic heterocycles. The molecule has 0 aliphatic carbocycles. The van der Waals surface area contributed by atoms with Crippen LogP contribution in [0.3, 0.4) is 0 Å². The minimum atomic E-state index is 0.464. The van der Waals surface area contributed by atoms with Crippen LogP contribution in [0.4, 0.5) is 5.82 Å². The van der Waals surface area contributed by atoms with Crippen molar-refractivity contribution >= 4 is 21.7 Å². The molecule has 0 spiro atoms. The Hall–Kier alpha value is -1.46. The quantitative estimate of drug-likeness (QED) is 0.886. The average Bonchev–Trinajstić information content (AvgIpc) is 2.41. The van der Waals surface area contributed by atoms with Crippen LogP contribution in [0.1, 0.15) is 18.2 Å². The number of benzene rings is 1. The number of hydrogen-bond donors (Lipinski definition) is 1. The summed E-state index contributed by atoms with van der Waals surface area (Å²) in [5.74, 6) is 0.790. The first-order valence-corrected chi connectivity index (χ1v) is 6.94. The van der Waals surface area contributed by atoms with E-state index in [1.807, 2.05) is 31.2 Å². The molecule has 2 aromatic rings. The van der Waals surface area contributed by atoms with Crippen molar-refractivity contribution in [3.8, 4) is 0 Å². The third-order valence-corrected chi connectivity index (χ3v) is 2.96. The maximum absolute atomic E-state index is 5.62. The minimum absolute atomic E-state index is 0.464. The Morgan fingerprint density at radius 2 is 2.11 bits per heavy atom. The third kappa shape index (κ3) is 4.61. The summed E-state index contributed by atoms with van der Waals surface area (Å²) in [7, 11) is 0. The first-order chi connectivity index (χ1) is 9.28. The smallest absolute Gasteiger partial charge is 0.144 e. The zero-order valence-electron chi connectivity index (χ0n) is 10.8. The van der Waals surface area contributed by atoms with E-state index < -0.39 is 0 Å². The van der Waals surface area contributed by atoms with Crippen molar-refractivity contribution in [3.05, 3.63) is 52.4 Å². The van der Waals surface area contributed by atoms with E-state index in [-0.39, 0.29) is 0 Å². The minimum Gasteiger partial charge on any atom is -0.370 e. The van der Waals surface area contributed by atoms with Crippen LogP contribution in [-0.2, 0) is 18.0 Å². The van der Waals surface area contributed by atoms with Crippen LogP contribution in [-0.4, -0.2) is 16.5 Å². The monoisotopic (exact) mass is 321 g/mol. The topological polar surface area (TPSA) is 47.0 Å². The lowest BCUT2D eigenvalue weighted by Gasteiger charge is -2.05. The predicted molar refractivity (Wildman–Crippen MR) is 78.8 cm³/mol. The van der Waals surface area contributed by atoms with E-state index in [2.05, 4.69) is 31.2 Å². The van der Waals surface area contributed by atoms with Crippen LogP contribution in [0.25, 0.3) is 0 Å². The molecule has 100 valence electrons. The molecular weight excluding hydrogens is 306 g/mol. The Bertz CT molecular complexity index is 516. The maximum atomic E-state index is 5.62. The summed E-state index contributed by atoms with van der Waals surface area (Å²) in [5.41, 5.74) is 1.96. The van der Waals surface area contributed by atoms with E-state index in [0.717, 1.165) is 28.1 Å². The molecule has 1 aromatic heterocycles. The molecule has 5 heteroatoms. The molecule has 0 atom stereocenters. The Morgan fingerprint density at radius 3 is 2.79 bits per heavy atom. The molecule has 0 saturated heterocycles. The van der Waals surface area contributed by atoms with Crippen molar-refractivity contribution in [1.29, 1.82) is 0 Å². The van der Waals surface area contributed by atoms with Gasteiger partial charge in [0.25, 0.3) is 0 Å². The lowest BCUT2D eigenvalue weighted by Crippen LogP contribution is -2.02. The van der Waals surface area contributed by atoms with Crippen molar-refractivity contribution < 1.29 is 4.74 Å². The van der Waals surface area contributed by atoms with Crippen molar-refractivity contribution in [1.82, 2.24) is 9.97 Å². The molecule has 0 fully saturated rings. The lowest BCUT2D eigenvalue weighted by atomic mass is 10.2. The van der Waals surface area contributed by atoms with Gasteiger partial charge in [-0.2, -0.15) is 0 Å². The highest BCUT2D eigenvalue weighted by molar-refractivity contribution is 9.10. The van der Waals surface area contributed by atoms with Crippen LogP contribution < -0.4 is 5.32 Å². The Kier molecular flexibility index (Phi) is 5.30. The van der Waals surface area contributed by atoms with Crippen LogP contribution in [0.15, 0.2) is 41.1 Å². The zero-order valence-corrected chi connectivity index (χ0v) is 12.4. The normalized spacial score (nSPS) is 10.4. The summed E-state index contributed by atoms with van der Waals surface area (Å²) in [6.45, 7) is 3.89. The van der Waals surface area contributed by atoms with Crippen LogP contribution in [0.5, 0.6) is 0 Å². The van der Waals surface area contributed by atoms with Gasteiger partial charge >= 0.3 is 0 Å². The van der Waals surface area contributed by atoms with Gasteiger partial charge in [0.2, 0.25) is 0 Å². The highest BCUT2D eigenvalue weighted by Crippen LogP contribution is 2.13. The summed E-state index contributed by atoms with van der Waals surface area (Å²) in [5, 5.41) is 3.10. The summed E-state index contributed by atoms with van der Waals surface area (Å²) in [6, 6.07) is 8.06. The molecule has 2 rings (SSSR count). The second-order valence-corrected chi connectivity index (χ2v) is 4.96. The fourth-order valence-corrected chi connectivity index (χ4v) is 2.05.